The summed E-state index contributed by atoms with van der Waals surface area (Å²) in [6.45, 7) is -1.84. The highest BCUT2D eigenvalue weighted by molar-refractivity contribution is 5.96. The summed E-state index contributed by atoms with van der Waals surface area (Å²) in [5.74, 6) is -3.12. The maximum absolute atomic E-state index is 12.9. The minimum Gasteiger partial charge on any atom is -0.394 e. The van der Waals surface area contributed by atoms with Gasteiger partial charge in [-0.1, -0.05) is 31.4 Å². The summed E-state index contributed by atoms with van der Waals surface area (Å²) in [5.41, 5.74) is 0.559. The lowest BCUT2D eigenvalue weighted by Gasteiger charge is -2.25. The van der Waals surface area contributed by atoms with Crippen LogP contribution in [-0.2, 0) is 19.2 Å². The molecule has 1 aliphatic carbocycles. The van der Waals surface area contributed by atoms with E-state index in [4.69, 9.17) is 0 Å². The average molecular weight is 479 g/mol. The Hall–Kier alpha value is -3.31. The molecule has 11 heteroatoms. The molecule has 0 aliphatic heterocycles. The number of rotatable bonds is 11. The topological polar surface area (TPSA) is 157 Å². The molecule has 0 heterocycles. The number of nitrogens with one attached hydrogen (secondary N) is 4. The Bertz CT molecular complexity index is 871. The van der Waals surface area contributed by atoms with Crippen LogP contribution in [-0.4, -0.2) is 71.7 Å². The van der Waals surface area contributed by atoms with Gasteiger partial charge in [-0.25, -0.2) is 4.39 Å². The number of hydrogen-bond acceptors (Lipinski definition) is 6. The van der Waals surface area contributed by atoms with Crippen molar-refractivity contribution in [1.29, 1.82) is 0 Å². The Morgan fingerprint density at radius 1 is 0.941 bits per heavy atom. The molecule has 0 bridgehead atoms. The molecule has 1 aromatic rings. The predicted octanol–water partition coefficient (Wildman–Crippen LogP) is -0.642. The van der Waals surface area contributed by atoms with E-state index in [0.717, 1.165) is 38.2 Å². The number of aliphatic hydroxyl groups is 2. The van der Waals surface area contributed by atoms with Crippen molar-refractivity contribution >= 4 is 29.7 Å². The molecule has 1 aromatic carbocycles. The molecule has 34 heavy (non-hydrogen) atoms. The molecule has 6 N–H and O–H groups in total. The molecule has 0 aromatic heterocycles. The molecule has 1 fully saturated rings. The number of hydrogen-bond donors (Lipinski definition) is 6. The lowest BCUT2D eigenvalue weighted by Crippen LogP contribution is -2.55. The fraction of sp³-hybridized carbons (Fsp3) is 0.478. The Labute approximate surface area is 197 Å². The Balaban J connectivity index is 1.77. The fourth-order valence-electron chi connectivity index (χ4n) is 3.44. The summed E-state index contributed by atoms with van der Waals surface area (Å²) < 4.78 is 12.9. The smallest absolute Gasteiger partial charge is 0.245 e. The Morgan fingerprint density at radius 3 is 2.18 bits per heavy atom. The van der Waals surface area contributed by atoms with Gasteiger partial charge in [0.2, 0.25) is 23.6 Å². The molecule has 186 valence electrons. The van der Waals surface area contributed by atoms with Gasteiger partial charge in [-0.2, -0.15) is 0 Å². The van der Waals surface area contributed by atoms with Crippen LogP contribution in [0, 0.1) is 5.82 Å². The second-order valence-electron chi connectivity index (χ2n) is 7.99. The molecule has 4 amide bonds. The van der Waals surface area contributed by atoms with Crippen molar-refractivity contribution in [3.63, 3.8) is 0 Å². The molecular weight excluding hydrogens is 447 g/mol. The molecule has 0 radical (unpaired) electrons. The summed E-state index contributed by atoms with van der Waals surface area (Å²) in [6, 6.07) is 2.92. The first-order valence-electron chi connectivity index (χ1n) is 11.2. The molecule has 1 saturated carbocycles. The van der Waals surface area contributed by atoms with E-state index in [1.807, 2.05) is 0 Å². The minimum absolute atomic E-state index is 0.0120. The van der Waals surface area contributed by atoms with Crippen molar-refractivity contribution in [2.45, 2.75) is 50.2 Å². The van der Waals surface area contributed by atoms with E-state index in [-0.39, 0.29) is 6.04 Å². The van der Waals surface area contributed by atoms with Crippen LogP contribution in [0.3, 0.4) is 0 Å². The molecular formula is C23H31FN4O6. The first-order valence-corrected chi connectivity index (χ1v) is 11.2. The normalized spacial score (nSPS) is 15.9. The van der Waals surface area contributed by atoms with Crippen LogP contribution in [0.4, 0.5) is 4.39 Å². The monoisotopic (exact) mass is 478 g/mol. The lowest BCUT2D eigenvalue weighted by atomic mass is 9.95. The highest BCUT2D eigenvalue weighted by Crippen LogP contribution is 2.17. The number of carbonyl (C=O) groups is 4. The van der Waals surface area contributed by atoms with Gasteiger partial charge in [-0.3, -0.25) is 19.2 Å². The van der Waals surface area contributed by atoms with E-state index in [1.54, 1.807) is 0 Å². The van der Waals surface area contributed by atoms with Gasteiger partial charge in [0, 0.05) is 12.1 Å². The van der Waals surface area contributed by atoms with Gasteiger partial charge in [0.05, 0.1) is 19.8 Å². The van der Waals surface area contributed by atoms with E-state index in [1.165, 1.54) is 30.3 Å². The van der Waals surface area contributed by atoms with E-state index in [2.05, 4.69) is 21.3 Å². The first kappa shape index (κ1) is 26.9. The van der Waals surface area contributed by atoms with Crippen LogP contribution in [0.1, 0.15) is 37.7 Å². The number of benzene rings is 1. The Morgan fingerprint density at radius 2 is 1.56 bits per heavy atom. The zero-order chi connectivity index (χ0) is 24.9. The third-order valence-corrected chi connectivity index (χ3v) is 5.32. The molecule has 0 unspecified atom stereocenters. The second kappa shape index (κ2) is 14.1. The first-order chi connectivity index (χ1) is 16.3. The third-order valence-electron chi connectivity index (χ3n) is 5.32. The van der Waals surface area contributed by atoms with Gasteiger partial charge in [0.1, 0.15) is 17.9 Å². The van der Waals surface area contributed by atoms with Gasteiger partial charge in [0.25, 0.3) is 0 Å². The van der Waals surface area contributed by atoms with E-state index >= 15 is 0 Å². The summed E-state index contributed by atoms with van der Waals surface area (Å²) >= 11 is 0. The summed E-state index contributed by atoms with van der Waals surface area (Å²) in [4.78, 5) is 48.6. The molecule has 0 spiro atoms. The van der Waals surface area contributed by atoms with Crippen molar-refractivity contribution < 1.29 is 33.8 Å². The second-order valence-corrected chi connectivity index (χ2v) is 7.99. The molecule has 2 atom stereocenters. The van der Waals surface area contributed by atoms with Crippen LogP contribution >= 0.6 is 0 Å². The molecule has 2 rings (SSSR count). The van der Waals surface area contributed by atoms with Crippen molar-refractivity contribution in [1.82, 2.24) is 21.3 Å². The Kier molecular flexibility index (Phi) is 11.1. The largest absolute Gasteiger partial charge is 0.394 e. The van der Waals surface area contributed by atoms with Crippen LogP contribution < -0.4 is 21.3 Å². The predicted molar refractivity (Wildman–Crippen MR) is 121 cm³/mol. The summed E-state index contributed by atoms with van der Waals surface area (Å²) in [7, 11) is 0. The number of halogens is 1. The van der Waals surface area contributed by atoms with Crippen LogP contribution in [0.25, 0.3) is 6.08 Å². The van der Waals surface area contributed by atoms with Crippen LogP contribution in [0.5, 0.6) is 0 Å². The van der Waals surface area contributed by atoms with Crippen LogP contribution in [0.2, 0.25) is 0 Å². The van der Waals surface area contributed by atoms with Gasteiger partial charge < -0.3 is 31.5 Å². The summed E-state index contributed by atoms with van der Waals surface area (Å²) in [6.07, 6.45) is 7.36. The zero-order valence-electron chi connectivity index (χ0n) is 18.8. The average Bonchev–Trinajstić information content (AvgIpc) is 2.84. The van der Waals surface area contributed by atoms with E-state index in [9.17, 15) is 33.8 Å². The van der Waals surface area contributed by atoms with Gasteiger partial charge in [-0.15, -0.1) is 0 Å². The zero-order valence-corrected chi connectivity index (χ0v) is 18.8. The molecule has 1 aliphatic rings. The molecule has 0 saturated heterocycles. The summed E-state index contributed by atoms with van der Waals surface area (Å²) in [5, 5.41) is 28.6. The van der Waals surface area contributed by atoms with Gasteiger partial charge in [-0.05, 0) is 36.6 Å². The van der Waals surface area contributed by atoms with E-state index < -0.39 is 61.3 Å². The lowest BCUT2D eigenvalue weighted by molar-refractivity contribution is -0.132. The number of aliphatic hydroxyl groups excluding tert-OH is 2. The highest BCUT2D eigenvalue weighted by Gasteiger charge is 2.24. The molecule has 10 nitrogen and oxygen atoms in total. The number of amides is 4. The fourth-order valence-corrected chi connectivity index (χ4v) is 3.44. The van der Waals surface area contributed by atoms with Crippen molar-refractivity contribution in [3.8, 4) is 0 Å². The van der Waals surface area contributed by atoms with E-state index in [0.29, 0.717) is 5.56 Å². The maximum atomic E-state index is 12.9. The standard InChI is InChI=1S/C23H31FN4O6/c24-16-9-6-15(7-10-16)8-11-20(31)27-18(13-29)22(33)25-12-21(32)28-19(14-30)23(34)26-17-4-2-1-3-5-17/h6-11,17-19,29-30H,1-5,12-14H2,(H,25,33)(H,26,34)(H,27,31)(H,28,32)/b11-8+/t18-,19-/m0/s1. The van der Waals surface area contributed by atoms with Crippen molar-refractivity contribution in [2.75, 3.05) is 19.8 Å². The number of carbonyl (C=O) groups excluding carboxylic acids is 4. The van der Waals surface area contributed by atoms with Crippen LogP contribution in [0.15, 0.2) is 30.3 Å². The SMILES string of the molecule is O=C(/C=C/c1ccc(F)cc1)N[C@@H](CO)C(=O)NCC(=O)N[C@@H](CO)C(=O)NC1CCCCC1. The minimum atomic E-state index is -1.32. The van der Waals surface area contributed by atoms with Gasteiger partial charge in [0.15, 0.2) is 0 Å². The van der Waals surface area contributed by atoms with Gasteiger partial charge >= 0.3 is 0 Å². The highest BCUT2D eigenvalue weighted by atomic mass is 19.1. The van der Waals surface area contributed by atoms with Crippen molar-refractivity contribution in [3.05, 3.63) is 41.7 Å². The van der Waals surface area contributed by atoms with Crippen molar-refractivity contribution in [2.24, 2.45) is 0 Å². The third kappa shape index (κ3) is 9.28. The maximum Gasteiger partial charge on any atom is 0.245 e. The quantitative estimate of drug-likeness (QED) is 0.232.